The first kappa shape index (κ1) is 9.19. The number of fused-ring (bicyclic) bond motifs is 1. The van der Waals surface area contributed by atoms with Gasteiger partial charge in [-0.05, 0) is 34.5 Å². The lowest BCUT2D eigenvalue weighted by molar-refractivity contribution is 0.282. The summed E-state index contributed by atoms with van der Waals surface area (Å²) >= 11 is 5.30. The molecule has 0 bridgehead atoms. The lowest BCUT2D eigenvalue weighted by Gasteiger charge is -1.95. The molecule has 1 aromatic heterocycles. The first-order chi connectivity index (χ1) is 6.22. The molecule has 1 heterocycles. The van der Waals surface area contributed by atoms with Crippen molar-refractivity contribution in [1.82, 2.24) is 0 Å². The lowest BCUT2D eigenvalue weighted by atomic mass is 10.2. The van der Waals surface area contributed by atoms with Crippen molar-refractivity contribution < 1.29 is 5.11 Å². The molecule has 0 spiro atoms. The maximum absolute atomic E-state index is 8.97. The van der Waals surface area contributed by atoms with Crippen LogP contribution < -0.4 is 0 Å². The van der Waals surface area contributed by atoms with Gasteiger partial charge in [0.05, 0.1) is 6.61 Å². The van der Waals surface area contributed by atoms with Crippen LogP contribution in [0.15, 0.2) is 22.7 Å². The predicted molar refractivity (Wildman–Crippen MR) is 60.2 cm³/mol. The van der Waals surface area contributed by atoms with E-state index in [9.17, 15) is 0 Å². The fourth-order valence-corrected chi connectivity index (χ4v) is 3.07. The third-order valence-electron chi connectivity index (χ3n) is 2.04. The zero-order chi connectivity index (χ0) is 9.42. The summed E-state index contributed by atoms with van der Waals surface area (Å²) in [7, 11) is 0. The normalized spacial score (nSPS) is 11.0. The molecule has 0 unspecified atom stereocenters. The van der Waals surface area contributed by atoms with Crippen LogP contribution in [0.2, 0.25) is 0 Å². The Morgan fingerprint density at radius 1 is 1.46 bits per heavy atom. The van der Waals surface area contributed by atoms with Crippen molar-refractivity contribution in [2.75, 3.05) is 0 Å². The van der Waals surface area contributed by atoms with Crippen molar-refractivity contribution >= 4 is 37.4 Å². The van der Waals surface area contributed by atoms with Gasteiger partial charge in [-0.2, -0.15) is 0 Å². The summed E-state index contributed by atoms with van der Waals surface area (Å²) in [6, 6.07) is 6.05. The van der Waals surface area contributed by atoms with Gasteiger partial charge >= 0.3 is 0 Å². The van der Waals surface area contributed by atoms with E-state index in [2.05, 4.69) is 28.9 Å². The summed E-state index contributed by atoms with van der Waals surface area (Å²) in [6.07, 6.45) is 0. The van der Waals surface area contributed by atoms with Gasteiger partial charge in [-0.3, -0.25) is 0 Å². The van der Waals surface area contributed by atoms with Crippen LogP contribution in [0.1, 0.15) is 10.4 Å². The van der Waals surface area contributed by atoms with Crippen LogP contribution in [0, 0.1) is 6.92 Å². The molecular weight excluding hydrogens is 248 g/mol. The average Bonchev–Trinajstić information content (AvgIpc) is 2.42. The van der Waals surface area contributed by atoms with Crippen LogP contribution in [0.5, 0.6) is 0 Å². The molecule has 0 amide bonds. The van der Waals surface area contributed by atoms with E-state index in [0.29, 0.717) is 0 Å². The van der Waals surface area contributed by atoms with Crippen molar-refractivity contribution in [3.63, 3.8) is 0 Å². The minimum atomic E-state index is 0.116. The highest BCUT2D eigenvalue weighted by Gasteiger charge is 2.05. The zero-order valence-corrected chi connectivity index (χ0v) is 9.58. The fourth-order valence-electron chi connectivity index (χ4n) is 1.33. The van der Waals surface area contributed by atoms with Crippen molar-refractivity contribution in [1.29, 1.82) is 0 Å². The van der Waals surface area contributed by atoms with E-state index in [1.54, 1.807) is 11.3 Å². The Morgan fingerprint density at radius 3 is 2.92 bits per heavy atom. The average molecular weight is 257 g/mol. The van der Waals surface area contributed by atoms with Gasteiger partial charge in [-0.25, -0.2) is 0 Å². The fraction of sp³-hybridized carbons (Fsp3) is 0.200. The van der Waals surface area contributed by atoms with Gasteiger partial charge in [0.15, 0.2) is 0 Å². The maximum Gasteiger partial charge on any atom is 0.0682 e. The van der Waals surface area contributed by atoms with E-state index in [-0.39, 0.29) is 6.61 Å². The van der Waals surface area contributed by atoms with E-state index < -0.39 is 0 Å². The summed E-state index contributed by atoms with van der Waals surface area (Å²) in [5, 5.41) is 10.2. The summed E-state index contributed by atoms with van der Waals surface area (Å²) in [5.74, 6) is 0. The molecule has 2 aromatic rings. The summed E-state index contributed by atoms with van der Waals surface area (Å²) in [4.78, 5) is 1.28. The molecule has 68 valence electrons. The van der Waals surface area contributed by atoms with Crippen molar-refractivity contribution in [3.8, 4) is 0 Å². The minimum Gasteiger partial charge on any atom is -0.392 e. The highest BCUT2D eigenvalue weighted by atomic mass is 79.9. The highest BCUT2D eigenvalue weighted by Crippen LogP contribution is 2.35. The van der Waals surface area contributed by atoms with Crippen LogP contribution in [0.4, 0.5) is 0 Å². The molecule has 0 saturated carbocycles. The quantitative estimate of drug-likeness (QED) is 0.829. The van der Waals surface area contributed by atoms with Crippen LogP contribution in [0.3, 0.4) is 0 Å². The molecule has 3 heteroatoms. The second kappa shape index (κ2) is 3.40. The number of aryl methyl sites for hydroxylation is 1. The first-order valence-electron chi connectivity index (χ1n) is 4.01. The van der Waals surface area contributed by atoms with Gasteiger partial charge < -0.3 is 5.11 Å². The lowest BCUT2D eigenvalue weighted by Crippen LogP contribution is -1.79. The Morgan fingerprint density at radius 2 is 2.23 bits per heavy atom. The van der Waals surface area contributed by atoms with E-state index in [1.165, 1.54) is 19.4 Å². The standard InChI is InChI=1S/C10H9BrOS/c1-6-10(11)8-3-2-7(5-12)4-9(8)13-6/h2-4,12H,5H2,1H3. The van der Waals surface area contributed by atoms with Crippen molar-refractivity contribution in [2.45, 2.75) is 13.5 Å². The number of hydrogen-bond donors (Lipinski definition) is 1. The maximum atomic E-state index is 8.97. The Bertz CT molecular complexity index is 447. The molecular formula is C10H9BrOS. The molecule has 0 fully saturated rings. The second-order valence-corrected chi connectivity index (χ2v) is 5.01. The zero-order valence-electron chi connectivity index (χ0n) is 7.17. The SMILES string of the molecule is Cc1sc2cc(CO)ccc2c1Br. The van der Waals surface area contributed by atoms with Gasteiger partial charge in [0.2, 0.25) is 0 Å². The monoisotopic (exact) mass is 256 g/mol. The molecule has 1 nitrogen and oxygen atoms in total. The third-order valence-corrected chi connectivity index (χ3v) is 4.39. The van der Waals surface area contributed by atoms with Gasteiger partial charge in [-0.1, -0.05) is 12.1 Å². The van der Waals surface area contributed by atoms with Gasteiger partial charge in [0.25, 0.3) is 0 Å². The van der Waals surface area contributed by atoms with Gasteiger partial charge in [-0.15, -0.1) is 11.3 Å². The summed E-state index contributed by atoms with van der Waals surface area (Å²) in [6.45, 7) is 2.21. The largest absolute Gasteiger partial charge is 0.392 e. The molecule has 2 rings (SSSR count). The summed E-state index contributed by atoms with van der Waals surface area (Å²) < 4.78 is 2.41. The molecule has 0 aliphatic rings. The van der Waals surface area contributed by atoms with Crippen LogP contribution in [-0.4, -0.2) is 5.11 Å². The van der Waals surface area contributed by atoms with Crippen LogP contribution in [-0.2, 0) is 6.61 Å². The molecule has 0 aliphatic carbocycles. The van der Waals surface area contributed by atoms with Crippen molar-refractivity contribution in [3.05, 3.63) is 33.1 Å². The Balaban J connectivity index is 2.73. The number of rotatable bonds is 1. The topological polar surface area (TPSA) is 20.2 Å². The van der Waals surface area contributed by atoms with E-state index in [0.717, 1.165) is 5.56 Å². The number of thiophene rings is 1. The van der Waals surface area contributed by atoms with Crippen molar-refractivity contribution in [2.24, 2.45) is 0 Å². The molecule has 0 aliphatic heterocycles. The predicted octanol–water partition coefficient (Wildman–Crippen LogP) is 3.46. The number of hydrogen-bond acceptors (Lipinski definition) is 2. The van der Waals surface area contributed by atoms with E-state index in [1.807, 2.05) is 12.1 Å². The van der Waals surface area contributed by atoms with Gasteiger partial charge in [0.1, 0.15) is 0 Å². The molecule has 0 radical (unpaired) electrons. The Hall–Kier alpha value is -0.380. The number of benzene rings is 1. The molecule has 0 saturated heterocycles. The smallest absolute Gasteiger partial charge is 0.0682 e. The molecule has 1 N–H and O–H groups in total. The third kappa shape index (κ3) is 1.52. The minimum absolute atomic E-state index is 0.116. The Kier molecular flexibility index (Phi) is 2.41. The summed E-state index contributed by atoms with van der Waals surface area (Å²) in [5.41, 5.74) is 0.973. The highest BCUT2D eigenvalue weighted by molar-refractivity contribution is 9.10. The first-order valence-corrected chi connectivity index (χ1v) is 5.61. The molecule has 1 aromatic carbocycles. The molecule has 13 heavy (non-hydrogen) atoms. The molecule has 0 atom stereocenters. The van der Waals surface area contributed by atoms with E-state index >= 15 is 0 Å². The van der Waals surface area contributed by atoms with E-state index in [4.69, 9.17) is 5.11 Å². The number of aliphatic hydroxyl groups excluding tert-OH is 1. The Labute approximate surface area is 89.1 Å². The van der Waals surface area contributed by atoms with Crippen LogP contribution in [0.25, 0.3) is 10.1 Å². The number of aliphatic hydroxyl groups is 1. The number of halogens is 1. The van der Waals surface area contributed by atoms with Crippen LogP contribution >= 0.6 is 27.3 Å². The van der Waals surface area contributed by atoms with Gasteiger partial charge in [0, 0.05) is 19.4 Å². The second-order valence-electron chi connectivity index (χ2n) is 2.96.